The third kappa shape index (κ3) is 6.22. The lowest BCUT2D eigenvalue weighted by Gasteiger charge is -2.43. The molecule has 0 spiro atoms. The summed E-state index contributed by atoms with van der Waals surface area (Å²) in [6.45, 7) is 0.418. The second kappa shape index (κ2) is 11.4. The summed E-state index contributed by atoms with van der Waals surface area (Å²) in [6.07, 6.45) is 2.98. The number of ether oxygens (including phenoxy) is 3. The Hall–Kier alpha value is -3.31. The first-order chi connectivity index (χ1) is 20.1. The van der Waals surface area contributed by atoms with E-state index in [-0.39, 0.29) is 55.7 Å². The van der Waals surface area contributed by atoms with Crippen molar-refractivity contribution in [3.05, 3.63) is 76.6 Å². The molecule has 1 atom stereocenters. The Balaban J connectivity index is 1.16. The van der Waals surface area contributed by atoms with Crippen LogP contribution in [0.1, 0.15) is 53.9 Å². The van der Waals surface area contributed by atoms with E-state index >= 15 is 4.39 Å². The third-order valence-corrected chi connectivity index (χ3v) is 10.2. The normalized spacial score (nSPS) is 20.7. The average Bonchev–Trinajstić information content (AvgIpc) is 3.25. The fourth-order valence-electron chi connectivity index (χ4n) is 6.01. The third-order valence-electron chi connectivity index (χ3n) is 8.51. The lowest BCUT2D eigenvalue weighted by molar-refractivity contribution is -0.137. The molecule has 0 amide bonds. The summed E-state index contributed by atoms with van der Waals surface area (Å²) in [5.74, 6) is 0.730. The van der Waals surface area contributed by atoms with E-state index < -0.39 is 22.2 Å². The number of hydrogen-bond donors (Lipinski definition) is 4. The smallest absolute Gasteiger partial charge is 0.304 e. The van der Waals surface area contributed by atoms with Crippen LogP contribution in [0.4, 0.5) is 4.39 Å². The average molecular weight is 599 g/mol. The number of benzene rings is 3. The first-order valence-corrected chi connectivity index (χ1v) is 16.1. The van der Waals surface area contributed by atoms with Gasteiger partial charge in [0.1, 0.15) is 41.9 Å². The molecule has 224 valence electrons. The first-order valence-electron chi connectivity index (χ1n) is 14.2. The van der Waals surface area contributed by atoms with Gasteiger partial charge in [-0.1, -0.05) is 12.1 Å². The maximum atomic E-state index is 15.2. The lowest BCUT2D eigenvalue weighted by atomic mass is 9.94. The minimum atomic E-state index is -2.59. The summed E-state index contributed by atoms with van der Waals surface area (Å²) in [5.41, 5.74) is 4.18. The molecule has 8 nitrogen and oxygen atoms in total. The zero-order valence-corrected chi connectivity index (χ0v) is 24.0. The summed E-state index contributed by atoms with van der Waals surface area (Å²) < 4.78 is 52.5. The Morgan fingerprint density at radius 2 is 1.69 bits per heavy atom. The highest BCUT2D eigenvalue weighted by atomic mass is 32.3. The minimum absolute atomic E-state index is 0.00142. The number of fused-ring (bicyclic) bond motifs is 4. The number of carbonyl (C=O) groups is 1. The van der Waals surface area contributed by atoms with Gasteiger partial charge in [-0.2, -0.15) is 10.6 Å². The van der Waals surface area contributed by atoms with E-state index in [1.165, 1.54) is 0 Å². The van der Waals surface area contributed by atoms with Gasteiger partial charge in [0.2, 0.25) is 0 Å². The van der Waals surface area contributed by atoms with Crippen LogP contribution in [-0.2, 0) is 24.2 Å². The van der Waals surface area contributed by atoms with Crippen molar-refractivity contribution in [2.75, 3.05) is 24.7 Å². The van der Waals surface area contributed by atoms with E-state index in [1.54, 1.807) is 18.2 Å². The molecule has 1 saturated heterocycles. The molecule has 0 radical (unpaired) electrons. The van der Waals surface area contributed by atoms with Crippen molar-refractivity contribution < 1.29 is 42.7 Å². The molecule has 1 aliphatic carbocycles. The van der Waals surface area contributed by atoms with Gasteiger partial charge in [-0.15, -0.1) is 0 Å². The topological polar surface area (TPSA) is 126 Å². The van der Waals surface area contributed by atoms with Gasteiger partial charge >= 0.3 is 5.97 Å². The molecular weight excluding hydrogens is 563 g/mol. The van der Waals surface area contributed by atoms with Crippen LogP contribution in [-0.4, -0.2) is 55.6 Å². The van der Waals surface area contributed by atoms with E-state index in [0.29, 0.717) is 29.4 Å². The van der Waals surface area contributed by atoms with E-state index in [4.69, 9.17) is 19.3 Å². The number of aliphatic hydroxyl groups is 1. The standard InChI is InChI=1S/C32H35FO8S/c33-29-14-21-3-1-2-20-12-24(41-19-32(36)8-10-42(37,38)11-9-32)4-6-26(20)28(21)13-23(29)18-39-25-5-7-27-22(15-31(34)35)17-40-30(27)16-25/h4-7,12-14,16,22,36-38H,1-3,8-11,15,17-19H2,(H,34,35)/t22-/m1/s1. The minimum Gasteiger partial charge on any atom is -0.492 e. The monoisotopic (exact) mass is 598 g/mol. The molecule has 2 aliphatic heterocycles. The number of halogens is 1. The number of aryl methyl sites for hydroxylation is 2. The Labute approximate surface area is 245 Å². The maximum Gasteiger partial charge on any atom is 0.304 e. The van der Waals surface area contributed by atoms with Crippen molar-refractivity contribution in [1.29, 1.82) is 0 Å². The molecule has 0 unspecified atom stereocenters. The Morgan fingerprint density at radius 1 is 0.976 bits per heavy atom. The van der Waals surface area contributed by atoms with Gasteiger partial charge in [-0.05, 0) is 84.7 Å². The van der Waals surface area contributed by atoms with Crippen molar-refractivity contribution >= 4 is 16.6 Å². The van der Waals surface area contributed by atoms with Crippen molar-refractivity contribution in [2.45, 2.75) is 56.7 Å². The second-order valence-electron chi connectivity index (χ2n) is 11.6. The summed E-state index contributed by atoms with van der Waals surface area (Å²) in [7, 11) is -2.59. The van der Waals surface area contributed by atoms with Crippen molar-refractivity contribution in [2.24, 2.45) is 0 Å². The number of aliphatic carboxylic acids is 1. The van der Waals surface area contributed by atoms with Gasteiger partial charge in [0.25, 0.3) is 0 Å². The predicted octanol–water partition coefficient (Wildman–Crippen LogP) is 6.17. The largest absolute Gasteiger partial charge is 0.492 e. The second-order valence-corrected chi connectivity index (χ2v) is 14.0. The molecule has 3 aromatic rings. The number of carboxylic acids is 1. The first kappa shape index (κ1) is 28.8. The Kier molecular flexibility index (Phi) is 7.82. The van der Waals surface area contributed by atoms with Crippen LogP contribution in [0, 0.1) is 5.82 Å². The van der Waals surface area contributed by atoms with Crippen molar-refractivity contribution in [3.63, 3.8) is 0 Å². The molecule has 3 aliphatic rings. The number of rotatable bonds is 8. The highest BCUT2D eigenvalue weighted by Gasteiger charge is 2.36. The van der Waals surface area contributed by atoms with Crippen molar-refractivity contribution in [1.82, 2.24) is 0 Å². The molecule has 3 aromatic carbocycles. The van der Waals surface area contributed by atoms with Crippen LogP contribution in [0.5, 0.6) is 17.2 Å². The fourth-order valence-corrected chi connectivity index (χ4v) is 7.63. The zero-order chi connectivity index (χ0) is 29.5. The molecule has 42 heavy (non-hydrogen) atoms. The quantitative estimate of drug-likeness (QED) is 0.243. The summed E-state index contributed by atoms with van der Waals surface area (Å²) in [6, 6.07) is 14.6. The molecule has 6 rings (SSSR count). The summed E-state index contributed by atoms with van der Waals surface area (Å²) in [5, 5.41) is 20.0. The summed E-state index contributed by atoms with van der Waals surface area (Å²) in [4.78, 5) is 11.1. The number of carboxylic acid groups (broad SMARTS) is 1. The van der Waals surface area contributed by atoms with Crippen molar-refractivity contribution in [3.8, 4) is 28.4 Å². The molecule has 10 heteroatoms. The summed E-state index contributed by atoms with van der Waals surface area (Å²) >= 11 is 0. The van der Waals surface area contributed by atoms with Crippen LogP contribution >= 0.6 is 10.6 Å². The van der Waals surface area contributed by atoms with Gasteiger partial charge < -0.3 is 24.4 Å². The van der Waals surface area contributed by atoms with Crippen LogP contribution in [0.25, 0.3) is 11.1 Å². The molecule has 0 saturated carbocycles. The van der Waals surface area contributed by atoms with Gasteiger partial charge in [0, 0.05) is 34.6 Å². The van der Waals surface area contributed by atoms with Crippen LogP contribution < -0.4 is 14.2 Å². The molecule has 0 aromatic heterocycles. The predicted molar refractivity (Wildman–Crippen MR) is 157 cm³/mol. The molecule has 1 fully saturated rings. The highest BCUT2D eigenvalue weighted by molar-refractivity contribution is 8.24. The number of hydrogen-bond acceptors (Lipinski definition) is 7. The van der Waals surface area contributed by atoms with Crippen LogP contribution in [0.3, 0.4) is 0 Å². The van der Waals surface area contributed by atoms with Gasteiger partial charge in [-0.3, -0.25) is 13.9 Å². The SMILES string of the molecule is O=C(O)C[C@@H]1COc2cc(OCc3cc4c(cc3F)CCCc3cc(OCC5(O)CCS(O)(O)CC5)ccc3-4)ccc21. The van der Waals surface area contributed by atoms with Gasteiger partial charge in [0.15, 0.2) is 0 Å². The van der Waals surface area contributed by atoms with Gasteiger partial charge in [0.05, 0.1) is 13.0 Å². The van der Waals surface area contributed by atoms with E-state index in [1.807, 2.05) is 30.3 Å². The Morgan fingerprint density at radius 3 is 2.45 bits per heavy atom. The zero-order valence-electron chi connectivity index (χ0n) is 23.2. The fraction of sp³-hybridized carbons (Fsp3) is 0.406. The van der Waals surface area contributed by atoms with Crippen LogP contribution in [0.15, 0.2) is 48.5 Å². The maximum absolute atomic E-state index is 15.2. The highest BCUT2D eigenvalue weighted by Crippen LogP contribution is 2.47. The molecule has 2 heterocycles. The van der Waals surface area contributed by atoms with Gasteiger partial charge in [-0.25, -0.2) is 4.39 Å². The molecule has 0 bridgehead atoms. The van der Waals surface area contributed by atoms with E-state index in [0.717, 1.165) is 47.1 Å². The lowest BCUT2D eigenvalue weighted by Crippen LogP contribution is -2.42. The van der Waals surface area contributed by atoms with Crippen LogP contribution in [0.2, 0.25) is 0 Å². The Bertz CT molecular complexity index is 1500. The van der Waals surface area contributed by atoms with E-state index in [2.05, 4.69) is 0 Å². The van der Waals surface area contributed by atoms with E-state index in [9.17, 15) is 19.0 Å². The molecular formula is C32H35FO8S. The molecule has 4 N–H and O–H groups in total.